The Hall–Kier alpha value is -1.42. The van der Waals surface area contributed by atoms with Crippen molar-refractivity contribution in [3.63, 3.8) is 0 Å². The molecule has 21 heavy (non-hydrogen) atoms. The van der Waals surface area contributed by atoms with Crippen molar-refractivity contribution >= 4 is 5.91 Å². The Balaban J connectivity index is 1.77. The molecule has 1 saturated heterocycles. The van der Waals surface area contributed by atoms with E-state index in [1.807, 2.05) is 6.07 Å². The fraction of sp³-hybridized carbons (Fsp3) is 0.588. The number of piperidine rings is 1. The summed E-state index contributed by atoms with van der Waals surface area (Å²) >= 11 is 0. The van der Waals surface area contributed by atoms with Gasteiger partial charge in [-0.2, -0.15) is 0 Å². The number of halogens is 1. The van der Waals surface area contributed by atoms with Crippen molar-refractivity contribution in [3.05, 3.63) is 35.6 Å². The number of hydrogen-bond acceptors (Lipinski definition) is 2. The zero-order valence-corrected chi connectivity index (χ0v) is 12.5. The molecule has 0 spiro atoms. The summed E-state index contributed by atoms with van der Waals surface area (Å²) in [6, 6.07) is 6.76. The molecule has 2 atom stereocenters. The molecule has 3 nitrogen and oxygen atoms in total. The minimum Gasteiger partial charge on any atom is -0.352 e. The number of amides is 1. The van der Waals surface area contributed by atoms with E-state index in [1.54, 1.807) is 6.07 Å². The third-order valence-electron chi connectivity index (χ3n) is 5.12. The number of carbonyl (C=O) groups is 1. The molecule has 2 fully saturated rings. The molecule has 1 aliphatic carbocycles. The molecule has 2 N–H and O–H groups in total. The summed E-state index contributed by atoms with van der Waals surface area (Å²) in [5.74, 6) is 0.257. The van der Waals surface area contributed by atoms with Gasteiger partial charge in [-0.3, -0.25) is 4.79 Å². The van der Waals surface area contributed by atoms with Crippen LogP contribution >= 0.6 is 0 Å². The third kappa shape index (κ3) is 2.69. The van der Waals surface area contributed by atoms with Gasteiger partial charge in [0.25, 0.3) is 0 Å². The number of carbonyl (C=O) groups excluding carboxylic acids is 1. The van der Waals surface area contributed by atoms with Gasteiger partial charge in [-0.05, 0) is 56.0 Å². The summed E-state index contributed by atoms with van der Waals surface area (Å²) in [5.41, 5.74) is 0.319. The maximum absolute atomic E-state index is 13.5. The van der Waals surface area contributed by atoms with Crippen molar-refractivity contribution in [2.75, 3.05) is 13.1 Å². The van der Waals surface area contributed by atoms with Gasteiger partial charge in [0.15, 0.2) is 0 Å². The number of rotatable bonds is 3. The third-order valence-corrected chi connectivity index (χ3v) is 5.12. The summed E-state index contributed by atoms with van der Waals surface area (Å²) < 4.78 is 13.5. The maximum atomic E-state index is 13.5. The second kappa shape index (κ2) is 5.76. The smallest absolute Gasteiger partial charge is 0.230 e. The van der Waals surface area contributed by atoms with Crippen LogP contribution in [0.4, 0.5) is 4.39 Å². The molecule has 114 valence electrons. The molecule has 2 unspecified atom stereocenters. The molecular formula is C17H23FN2O. The lowest BCUT2D eigenvalue weighted by atomic mass is 9.63. The van der Waals surface area contributed by atoms with E-state index in [1.165, 1.54) is 12.1 Å². The van der Waals surface area contributed by atoms with Crippen LogP contribution in [0.25, 0.3) is 0 Å². The molecule has 2 aliphatic rings. The molecule has 0 radical (unpaired) electrons. The van der Waals surface area contributed by atoms with Crippen LogP contribution < -0.4 is 10.6 Å². The molecular weight excluding hydrogens is 267 g/mol. The Morgan fingerprint density at radius 3 is 2.86 bits per heavy atom. The predicted molar refractivity (Wildman–Crippen MR) is 80.5 cm³/mol. The van der Waals surface area contributed by atoms with Crippen molar-refractivity contribution in [2.45, 2.75) is 44.1 Å². The van der Waals surface area contributed by atoms with Crippen LogP contribution in [0.2, 0.25) is 0 Å². The van der Waals surface area contributed by atoms with Gasteiger partial charge in [0, 0.05) is 6.04 Å². The molecule has 1 aromatic carbocycles. The van der Waals surface area contributed by atoms with Crippen molar-refractivity contribution in [1.82, 2.24) is 10.6 Å². The molecule has 1 heterocycles. The largest absolute Gasteiger partial charge is 0.352 e. The zero-order chi connectivity index (χ0) is 14.9. The summed E-state index contributed by atoms with van der Waals surface area (Å²) in [7, 11) is 0. The first-order chi connectivity index (χ1) is 10.1. The Morgan fingerprint density at radius 2 is 2.24 bits per heavy atom. The van der Waals surface area contributed by atoms with Crippen molar-refractivity contribution in [3.8, 4) is 0 Å². The highest BCUT2D eigenvalue weighted by Crippen LogP contribution is 2.44. The molecule has 0 bridgehead atoms. The molecule has 3 rings (SSSR count). The highest BCUT2D eigenvalue weighted by Gasteiger charge is 2.46. The van der Waals surface area contributed by atoms with E-state index in [2.05, 4.69) is 17.6 Å². The van der Waals surface area contributed by atoms with E-state index < -0.39 is 5.41 Å². The van der Waals surface area contributed by atoms with Gasteiger partial charge in [0.2, 0.25) is 5.91 Å². The lowest BCUT2D eigenvalue weighted by Gasteiger charge is -2.43. The van der Waals surface area contributed by atoms with Crippen molar-refractivity contribution in [1.29, 1.82) is 0 Å². The topological polar surface area (TPSA) is 41.1 Å². The first-order valence-electron chi connectivity index (χ1n) is 7.89. The van der Waals surface area contributed by atoms with E-state index in [-0.39, 0.29) is 17.8 Å². The fourth-order valence-corrected chi connectivity index (χ4v) is 3.50. The van der Waals surface area contributed by atoms with Crippen LogP contribution in [0.5, 0.6) is 0 Å². The van der Waals surface area contributed by atoms with E-state index in [0.29, 0.717) is 5.92 Å². The van der Waals surface area contributed by atoms with Gasteiger partial charge < -0.3 is 10.6 Å². The van der Waals surface area contributed by atoms with E-state index >= 15 is 0 Å². The first-order valence-corrected chi connectivity index (χ1v) is 7.89. The van der Waals surface area contributed by atoms with Gasteiger partial charge in [0.1, 0.15) is 5.82 Å². The Bertz CT molecular complexity index is 527. The number of hydrogen-bond donors (Lipinski definition) is 2. The van der Waals surface area contributed by atoms with Gasteiger partial charge in [-0.1, -0.05) is 25.5 Å². The molecule has 1 amide bonds. The molecule has 0 aromatic heterocycles. The predicted octanol–water partition coefficient (Wildman–Crippen LogP) is 2.36. The van der Waals surface area contributed by atoms with Gasteiger partial charge in [-0.25, -0.2) is 4.39 Å². The Kier molecular flexibility index (Phi) is 3.98. The van der Waals surface area contributed by atoms with Gasteiger partial charge in [0.05, 0.1) is 5.41 Å². The zero-order valence-electron chi connectivity index (χ0n) is 12.5. The standard InChI is InChI=1S/C17H23FN2O/c1-12-11-19-9-6-15(12)20-16(21)17(7-3-8-17)13-4-2-5-14(18)10-13/h2,4-5,10,12,15,19H,3,6-9,11H2,1H3,(H,20,21). The van der Waals surface area contributed by atoms with Gasteiger partial charge >= 0.3 is 0 Å². The van der Waals surface area contributed by atoms with Crippen molar-refractivity contribution in [2.24, 2.45) is 5.92 Å². The number of nitrogens with one attached hydrogen (secondary N) is 2. The lowest BCUT2D eigenvalue weighted by molar-refractivity contribution is -0.131. The number of benzene rings is 1. The lowest BCUT2D eigenvalue weighted by Crippen LogP contribution is -2.56. The van der Waals surface area contributed by atoms with Crippen molar-refractivity contribution < 1.29 is 9.18 Å². The Labute approximate surface area is 125 Å². The summed E-state index contributed by atoms with van der Waals surface area (Å²) in [5, 5.41) is 6.57. The first kappa shape index (κ1) is 14.5. The molecule has 1 aliphatic heterocycles. The highest BCUT2D eigenvalue weighted by atomic mass is 19.1. The maximum Gasteiger partial charge on any atom is 0.230 e. The Morgan fingerprint density at radius 1 is 1.43 bits per heavy atom. The van der Waals surface area contributed by atoms with Crippen LogP contribution in [-0.4, -0.2) is 25.0 Å². The monoisotopic (exact) mass is 290 g/mol. The molecule has 1 saturated carbocycles. The van der Waals surface area contributed by atoms with Crippen LogP contribution in [0.3, 0.4) is 0 Å². The van der Waals surface area contributed by atoms with Gasteiger partial charge in [-0.15, -0.1) is 0 Å². The second-order valence-corrected chi connectivity index (χ2v) is 6.50. The summed E-state index contributed by atoms with van der Waals surface area (Å²) in [6.45, 7) is 4.05. The quantitative estimate of drug-likeness (QED) is 0.897. The second-order valence-electron chi connectivity index (χ2n) is 6.50. The SMILES string of the molecule is CC1CNCCC1NC(=O)C1(c2cccc(F)c2)CCC1. The average Bonchev–Trinajstić information content (AvgIpc) is 2.40. The van der Waals surface area contributed by atoms with Crippen LogP contribution in [0, 0.1) is 11.7 Å². The molecule has 1 aromatic rings. The molecule has 4 heteroatoms. The normalized spacial score (nSPS) is 27.7. The minimum absolute atomic E-state index is 0.0816. The van der Waals surface area contributed by atoms with E-state index in [0.717, 1.165) is 44.3 Å². The fourth-order valence-electron chi connectivity index (χ4n) is 3.50. The van der Waals surface area contributed by atoms with Crippen LogP contribution in [0.1, 0.15) is 38.2 Å². The van der Waals surface area contributed by atoms with Crippen LogP contribution in [0.15, 0.2) is 24.3 Å². The van der Waals surface area contributed by atoms with Crippen LogP contribution in [-0.2, 0) is 10.2 Å². The van der Waals surface area contributed by atoms with E-state index in [9.17, 15) is 9.18 Å². The summed E-state index contributed by atoms with van der Waals surface area (Å²) in [6.07, 6.45) is 3.64. The average molecular weight is 290 g/mol. The summed E-state index contributed by atoms with van der Waals surface area (Å²) in [4.78, 5) is 12.8. The highest BCUT2D eigenvalue weighted by molar-refractivity contribution is 5.89. The minimum atomic E-state index is -0.507. The van der Waals surface area contributed by atoms with E-state index in [4.69, 9.17) is 0 Å².